The van der Waals surface area contributed by atoms with Crippen LogP contribution in [-0.2, 0) is 10.7 Å². The van der Waals surface area contributed by atoms with Gasteiger partial charge in [0.25, 0.3) is 0 Å². The molecule has 108 valence electrons. The lowest BCUT2D eigenvalue weighted by Crippen LogP contribution is -2.34. The number of alkyl halides is 5. The van der Waals surface area contributed by atoms with Crippen molar-refractivity contribution in [3.8, 4) is 0 Å². The number of hydrogen-bond donors (Lipinski definition) is 2. The van der Waals surface area contributed by atoms with E-state index in [1.807, 2.05) is 0 Å². The maximum Gasteiger partial charge on any atom is 0.461 e. The number of halogens is 5. The fourth-order valence-electron chi connectivity index (χ4n) is 1.37. The Kier molecular flexibility index (Phi) is 3.07. The van der Waals surface area contributed by atoms with Gasteiger partial charge in [0, 0.05) is 6.92 Å². The smallest absolute Gasteiger partial charge is 0.332 e. The van der Waals surface area contributed by atoms with Crippen LogP contribution in [0.2, 0.25) is 0 Å². The van der Waals surface area contributed by atoms with Crippen molar-refractivity contribution in [2.45, 2.75) is 19.0 Å². The number of amides is 1. The number of carbonyl (C=O) groups excluding carboxylic acids is 1. The summed E-state index contributed by atoms with van der Waals surface area (Å²) in [6.45, 7) is 1.12. The topological polar surface area (TPSA) is 83.6 Å². The van der Waals surface area contributed by atoms with Gasteiger partial charge in [-0.1, -0.05) is 0 Å². The van der Waals surface area contributed by atoms with Crippen molar-refractivity contribution in [1.82, 2.24) is 19.9 Å². The molecule has 2 heterocycles. The second kappa shape index (κ2) is 4.35. The van der Waals surface area contributed by atoms with Crippen molar-refractivity contribution in [1.29, 1.82) is 0 Å². The Bertz CT molecular complexity index is 664. The van der Waals surface area contributed by atoms with Crippen molar-refractivity contribution in [3.05, 3.63) is 12.2 Å². The molecular weight excluding hydrogens is 289 g/mol. The number of aromatic amines is 1. The molecule has 20 heavy (non-hydrogen) atoms. The van der Waals surface area contributed by atoms with Gasteiger partial charge in [-0.05, 0) is 0 Å². The molecule has 0 spiro atoms. The lowest BCUT2D eigenvalue weighted by Gasteiger charge is -2.16. The van der Waals surface area contributed by atoms with Crippen LogP contribution in [0.5, 0.6) is 0 Å². The summed E-state index contributed by atoms with van der Waals surface area (Å²) in [5.41, 5.74) is -0.732. The summed E-state index contributed by atoms with van der Waals surface area (Å²) in [6.07, 6.45) is -4.92. The SMILES string of the molecule is CC(=O)Nc1ncnc2nc(C(F)(F)C(F)(F)F)[nH]c12. The van der Waals surface area contributed by atoms with Gasteiger partial charge in [-0.25, -0.2) is 15.0 Å². The van der Waals surface area contributed by atoms with E-state index in [0.717, 1.165) is 13.3 Å². The average molecular weight is 295 g/mol. The van der Waals surface area contributed by atoms with E-state index in [9.17, 15) is 26.7 Å². The molecule has 0 atom stereocenters. The van der Waals surface area contributed by atoms with Gasteiger partial charge in [0.2, 0.25) is 5.91 Å². The standard InChI is InChI=1S/C9H6F5N5O/c1-3(20)17-5-4-6(16-2-15-5)19-7(18-4)8(10,11)9(12,13)14/h2H,1H3,(H2,15,16,17,18,19,20). The Morgan fingerprint density at radius 2 is 1.90 bits per heavy atom. The van der Waals surface area contributed by atoms with Gasteiger partial charge in [-0.3, -0.25) is 4.79 Å². The second-order valence-corrected chi connectivity index (χ2v) is 3.76. The lowest BCUT2D eigenvalue weighted by molar-refractivity contribution is -0.292. The van der Waals surface area contributed by atoms with Crippen LogP contribution in [0, 0.1) is 0 Å². The molecule has 11 heteroatoms. The van der Waals surface area contributed by atoms with Gasteiger partial charge in [0.05, 0.1) is 0 Å². The zero-order valence-corrected chi connectivity index (χ0v) is 9.72. The largest absolute Gasteiger partial charge is 0.461 e. The Morgan fingerprint density at radius 1 is 1.25 bits per heavy atom. The van der Waals surface area contributed by atoms with Crippen LogP contribution in [0.15, 0.2) is 6.33 Å². The number of rotatable bonds is 2. The van der Waals surface area contributed by atoms with Gasteiger partial charge in [-0.15, -0.1) is 0 Å². The molecule has 0 bridgehead atoms. The Labute approximate surface area is 107 Å². The van der Waals surface area contributed by atoms with E-state index in [-0.39, 0.29) is 11.3 Å². The summed E-state index contributed by atoms with van der Waals surface area (Å²) in [5.74, 6) is -7.60. The molecule has 0 saturated heterocycles. The van der Waals surface area contributed by atoms with Gasteiger partial charge in [-0.2, -0.15) is 22.0 Å². The lowest BCUT2D eigenvalue weighted by atomic mass is 10.3. The third kappa shape index (κ3) is 2.26. The predicted octanol–water partition coefficient (Wildman–Crippen LogP) is 1.97. The maximum absolute atomic E-state index is 13.1. The summed E-state index contributed by atoms with van der Waals surface area (Å²) < 4.78 is 63.0. The number of hydrogen-bond acceptors (Lipinski definition) is 4. The molecular formula is C9H6F5N5O. The van der Waals surface area contributed by atoms with Crippen LogP contribution in [-0.4, -0.2) is 32.0 Å². The minimum atomic E-state index is -5.80. The van der Waals surface area contributed by atoms with Gasteiger partial charge in [0.15, 0.2) is 17.3 Å². The first-order valence-electron chi connectivity index (χ1n) is 5.06. The molecule has 0 saturated carbocycles. The Hall–Kier alpha value is -2.33. The molecule has 0 aliphatic rings. The highest BCUT2D eigenvalue weighted by Gasteiger charge is 2.61. The minimum absolute atomic E-state index is 0.237. The number of H-pyrrole nitrogens is 1. The summed E-state index contributed by atoms with van der Waals surface area (Å²) in [6, 6.07) is 0. The van der Waals surface area contributed by atoms with E-state index >= 15 is 0 Å². The number of aromatic nitrogens is 4. The fraction of sp³-hybridized carbons (Fsp3) is 0.333. The van der Waals surface area contributed by atoms with E-state index in [2.05, 4.69) is 20.3 Å². The average Bonchev–Trinajstić information content (AvgIpc) is 2.72. The molecule has 0 aliphatic carbocycles. The van der Waals surface area contributed by atoms with E-state index in [0.29, 0.717) is 0 Å². The van der Waals surface area contributed by atoms with Crippen LogP contribution in [0.4, 0.5) is 27.8 Å². The van der Waals surface area contributed by atoms with E-state index in [1.54, 1.807) is 4.98 Å². The molecule has 2 N–H and O–H groups in total. The number of fused-ring (bicyclic) bond motifs is 1. The molecule has 6 nitrogen and oxygen atoms in total. The third-order valence-electron chi connectivity index (χ3n) is 2.24. The second-order valence-electron chi connectivity index (χ2n) is 3.76. The number of imidazole rings is 1. The van der Waals surface area contributed by atoms with E-state index < -0.39 is 29.5 Å². The van der Waals surface area contributed by atoms with Crippen molar-refractivity contribution in [2.75, 3.05) is 5.32 Å². The van der Waals surface area contributed by atoms with E-state index in [4.69, 9.17) is 0 Å². The van der Waals surface area contributed by atoms with Crippen LogP contribution < -0.4 is 5.32 Å². The van der Waals surface area contributed by atoms with Gasteiger partial charge < -0.3 is 10.3 Å². The zero-order chi connectivity index (χ0) is 15.1. The maximum atomic E-state index is 13.1. The third-order valence-corrected chi connectivity index (χ3v) is 2.24. The van der Waals surface area contributed by atoms with Crippen LogP contribution >= 0.6 is 0 Å². The summed E-state index contributed by atoms with van der Waals surface area (Å²) in [7, 11) is 0. The van der Waals surface area contributed by atoms with Crippen LogP contribution in [0.25, 0.3) is 11.2 Å². The van der Waals surface area contributed by atoms with Crippen LogP contribution in [0.3, 0.4) is 0 Å². The van der Waals surface area contributed by atoms with Gasteiger partial charge in [0.1, 0.15) is 11.8 Å². The highest BCUT2D eigenvalue weighted by molar-refractivity contribution is 5.95. The quantitative estimate of drug-likeness (QED) is 0.830. The predicted molar refractivity (Wildman–Crippen MR) is 55.9 cm³/mol. The number of nitrogens with one attached hydrogen (secondary N) is 2. The molecule has 0 radical (unpaired) electrons. The van der Waals surface area contributed by atoms with Crippen molar-refractivity contribution in [3.63, 3.8) is 0 Å². The molecule has 2 aromatic rings. The number of nitrogens with zero attached hydrogens (tertiary/aromatic N) is 3. The van der Waals surface area contributed by atoms with Crippen LogP contribution in [0.1, 0.15) is 12.7 Å². The van der Waals surface area contributed by atoms with Gasteiger partial charge >= 0.3 is 12.1 Å². The molecule has 0 unspecified atom stereocenters. The first-order chi connectivity index (χ1) is 9.13. The molecule has 0 aliphatic heterocycles. The molecule has 0 fully saturated rings. The highest BCUT2D eigenvalue weighted by atomic mass is 19.4. The number of carbonyl (C=O) groups is 1. The molecule has 0 aromatic carbocycles. The normalized spacial score (nSPS) is 12.7. The highest BCUT2D eigenvalue weighted by Crippen LogP contribution is 2.43. The number of anilines is 1. The summed E-state index contributed by atoms with van der Waals surface area (Å²) in [4.78, 5) is 22.8. The first-order valence-corrected chi connectivity index (χ1v) is 5.06. The summed E-state index contributed by atoms with van der Waals surface area (Å²) in [5, 5.41) is 2.16. The van der Waals surface area contributed by atoms with Crippen molar-refractivity contribution < 1.29 is 26.7 Å². The fourth-order valence-corrected chi connectivity index (χ4v) is 1.37. The Balaban J connectivity index is 2.57. The van der Waals surface area contributed by atoms with Crippen molar-refractivity contribution in [2.24, 2.45) is 0 Å². The monoisotopic (exact) mass is 295 g/mol. The molecule has 1 amide bonds. The Morgan fingerprint density at radius 3 is 2.45 bits per heavy atom. The first kappa shape index (κ1) is 14.1. The van der Waals surface area contributed by atoms with Crippen molar-refractivity contribution >= 4 is 22.9 Å². The summed E-state index contributed by atoms with van der Waals surface area (Å²) >= 11 is 0. The molecule has 2 aromatic heterocycles. The zero-order valence-electron chi connectivity index (χ0n) is 9.72. The molecule has 2 rings (SSSR count). The van der Waals surface area contributed by atoms with E-state index in [1.165, 1.54) is 0 Å². The minimum Gasteiger partial charge on any atom is -0.332 e.